The second-order valence-electron chi connectivity index (χ2n) is 8.91. The summed E-state index contributed by atoms with van der Waals surface area (Å²) in [6.45, 7) is 6.97. The molecule has 10 nitrogen and oxygen atoms in total. The molecule has 0 spiro atoms. The number of methoxy groups -OCH3 is 1. The number of rotatable bonds is 6. The molecule has 176 valence electrons. The van der Waals surface area contributed by atoms with Crippen LogP contribution in [-0.4, -0.2) is 84.9 Å². The largest absolute Gasteiger partial charge is 0.467 e. The third-order valence-corrected chi connectivity index (χ3v) is 5.18. The predicted molar refractivity (Wildman–Crippen MR) is 111 cm³/mol. The molecule has 0 aromatic carbocycles. The number of carbonyl (C=O) groups is 4. The summed E-state index contributed by atoms with van der Waals surface area (Å²) in [5, 5.41) is 2.67. The van der Waals surface area contributed by atoms with Gasteiger partial charge in [0.05, 0.1) is 13.7 Å². The third kappa shape index (κ3) is 7.91. The van der Waals surface area contributed by atoms with Crippen LogP contribution in [0.2, 0.25) is 0 Å². The molecule has 1 N–H and O–H groups in total. The zero-order valence-electron chi connectivity index (χ0n) is 19.0. The van der Waals surface area contributed by atoms with Gasteiger partial charge in [0.1, 0.15) is 17.7 Å². The SMILES string of the molecule is COC(=O)[C@@H]1C[C@@H](OC(=O)NCCCN2CCCCCC2=O)CN1C(=O)OC(C)(C)C. The summed E-state index contributed by atoms with van der Waals surface area (Å²) in [5.74, 6) is -0.415. The molecule has 2 atom stereocenters. The van der Waals surface area contributed by atoms with Gasteiger partial charge < -0.3 is 24.4 Å². The molecule has 0 aromatic heterocycles. The Hall–Kier alpha value is -2.52. The van der Waals surface area contributed by atoms with Gasteiger partial charge in [0.25, 0.3) is 0 Å². The van der Waals surface area contributed by atoms with E-state index in [1.165, 1.54) is 12.0 Å². The Labute approximate surface area is 183 Å². The summed E-state index contributed by atoms with van der Waals surface area (Å²) < 4.78 is 15.5. The summed E-state index contributed by atoms with van der Waals surface area (Å²) in [6.07, 6.45) is 2.45. The number of alkyl carbamates (subject to hydrolysis) is 1. The van der Waals surface area contributed by atoms with Crippen molar-refractivity contribution >= 4 is 24.1 Å². The van der Waals surface area contributed by atoms with Crippen LogP contribution in [0.3, 0.4) is 0 Å². The Morgan fingerprint density at radius 3 is 2.58 bits per heavy atom. The number of nitrogens with zero attached hydrogens (tertiary/aromatic N) is 2. The molecule has 0 aromatic rings. The fraction of sp³-hybridized carbons (Fsp3) is 0.810. The second-order valence-corrected chi connectivity index (χ2v) is 8.91. The minimum absolute atomic E-state index is 0.0460. The highest BCUT2D eigenvalue weighted by molar-refractivity contribution is 5.82. The highest BCUT2D eigenvalue weighted by Crippen LogP contribution is 2.24. The Kier molecular flexibility index (Phi) is 8.94. The summed E-state index contributed by atoms with van der Waals surface area (Å²) in [5.41, 5.74) is -0.719. The van der Waals surface area contributed by atoms with Crippen molar-refractivity contribution < 1.29 is 33.4 Å². The van der Waals surface area contributed by atoms with Crippen LogP contribution in [-0.2, 0) is 23.8 Å². The summed E-state index contributed by atoms with van der Waals surface area (Å²) in [6, 6.07) is -0.869. The number of likely N-dealkylation sites (tertiary alicyclic amines) is 2. The van der Waals surface area contributed by atoms with Crippen LogP contribution in [0.25, 0.3) is 0 Å². The van der Waals surface area contributed by atoms with E-state index in [0.29, 0.717) is 25.9 Å². The molecular weight excluding hydrogens is 406 g/mol. The van der Waals surface area contributed by atoms with Gasteiger partial charge in [-0.2, -0.15) is 0 Å². The van der Waals surface area contributed by atoms with E-state index in [-0.39, 0.29) is 18.9 Å². The van der Waals surface area contributed by atoms with E-state index in [1.807, 2.05) is 4.90 Å². The van der Waals surface area contributed by atoms with Gasteiger partial charge in [-0.15, -0.1) is 0 Å². The lowest BCUT2D eigenvalue weighted by Crippen LogP contribution is -2.44. The van der Waals surface area contributed by atoms with E-state index in [9.17, 15) is 19.2 Å². The zero-order chi connectivity index (χ0) is 23.0. The van der Waals surface area contributed by atoms with Gasteiger partial charge in [0.2, 0.25) is 5.91 Å². The Morgan fingerprint density at radius 1 is 1.16 bits per heavy atom. The number of hydrogen-bond acceptors (Lipinski definition) is 7. The van der Waals surface area contributed by atoms with E-state index >= 15 is 0 Å². The Bertz CT molecular complexity index is 662. The molecule has 2 fully saturated rings. The molecule has 0 radical (unpaired) electrons. The van der Waals surface area contributed by atoms with Gasteiger partial charge in [-0.3, -0.25) is 9.69 Å². The summed E-state index contributed by atoms with van der Waals surface area (Å²) >= 11 is 0. The fourth-order valence-electron chi connectivity index (χ4n) is 3.69. The van der Waals surface area contributed by atoms with E-state index < -0.39 is 35.9 Å². The Morgan fingerprint density at radius 2 is 1.90 bits per heavy atom. The van der Waals surface area contributed by atoms with E-state index in [1.54, 1.807) is 20.8 Å². The van der Waals surface area contributed by atoms with Crippen LogP contribution in [0.1, 0.15) is 59.3 Å². The van der Waals surface area contributed by atoms with Gasteiger partial charge in [-0.1, -0.05) is 6.42 Å². The fourth-order valence-corrected chi connectivity index (χ4v) is 3.69. The molecule has 0 bridgehead atoms. The molecule has 2 saturated heterocycles. The van der Waals surface area contributed by atoms with Gasteiger partial charge in [0, 0.05) is 32.5 Å². The van der Waals surface area contributed by atoms with Crippen molar-refractivity contribution in [3.05, 3.63) is 0 Å². The Balaban J connectivity index is 1.79. The number of ether oxygens (including phenoxy) is 3. The summed E-state index contributed by atoms with van der Waals surface area (Å²) in [7, 11) is 1.24. The first-order chi connectivity index (χ1) is 14.6. The number of carbonyl (C=O) groups excluding carboxylic acids is 4. The zero-order valence-corrected chi connectivity index (χ0v) is 19.0. The van der Waals surface area contributed by atoms with Crippen LogP contribution >= 0.6 is 0 Å². The smallest absolute Gasteiger partial charge is 0.411 e. The second kappa shape index (κ2) is 11.2. The summed E-state index contributed by atoms with van der Waals surface area (Å²) in [4.78, 5) is 51.7. The van der Waals surface area contributed by atoms with Crippen molar-refractivity contribution in [2.24, 2.45) is 0 Å². The molecule has 0 saturated carbocycles. The van der Waals surface area contributed by atoms with Gasteiger partial charge in [-0.25, -0.2) is 14.4 Å². The molecular formula is C21H35N3O7. The van der Waals surface area contributed by atoms with Crippen LogP contribution < -0.4 is 5.32 Å². The van der Waals surface area contributed by atoms with E-state index in [0.717, 1.165) is 25.8 Å². The number of amides is 3. The molecule has 31 heavy (non-hydrogen) atoms. The molecule has 10 heteroatoms. The molecule has 0 aliphatic carbocycles. The minimum atomic E-state index is -0.869. The number of esters is 1. The monoisotopic (exact) mass is 441 g/mol. The predicted octanol–water partition coefficient (Wildman–Crippen LogP) is 2.06. The van der Waals surface area contributed by atoms with Crippen molar-refractivity contribution in [2.45, 2.75) is 77.0 Å². The van der Waals surface area contributed by atoms with Crippen molar-refractivity contribution in [1.82, 2.24) is 15.1 Å². The molecule has 0 unspecified atom stereocenters. The standard InChI is InChI=1S/C21H35N3O7/c1-21(2,3)31-20(28)24-14-15(13-16(24)18(26)29-4)30-19(27)22-10-8-12-23-11-7-5-6-9-17(23)25/h15-16H,5-14H2,1-4H3,(H,22,27)/t15-,16+/m1/s1. The van der Waals surface area contributed by atoms with Crippen molar-refractivity contribution in [2.75, 3.05) is 33.3 Å². The first-order valence-corrected chi connectivity index (χ1v) is 10.9. The third-order valence-electron chi connectivity index (χ3n) is 5.18. The van der Waals surface area contributed by atoms with Gasteiger partial charge in [0.15, 0.2) is 0 Å². The van der Waals surface area contributed by atoms with Crippen LogP contribution in [0.4, 0.5) is 9.59 Å². The average molecular weight is 442 g/mol. The highest BCUT2D eigenvalue weighted by atomic mass is 16.6. The first-order valence-electron chi connectivity index (χ1n) is 10.9. The number of nitrogens with one attached hydrogen (secondary N) is 1. The average Bonchev–Trinajstić information content (AvgIpc) is 3.00. The maximum Gasteiger partial charge on any atom is 0.411 e. The van der Waals surface area contributed by atoms with Gasteiger partial charge >= 0.3 is 18.2 Å². The topological polar surface area (TPSA) is 114 Å². The maximum absolute atomic E-state index is 12.4. The molecule has 3 amide bonds. The molecule has 2 heterocycles. The first kappa shape index (κ1) is 24.7. The van der Waals surface area contributed by atoms with Gasteiger partial charge in [-0.05, 0) is 40.0 Å². The maximum atomic E-state index is 12.4. The van der Waals surface area contributed by atoms with Crippen LogP contribution in [0.5, 0.6) is 0 Å². The lowest BCUT2D eigenvalue weighted by atomic mass is 10.2. The molecule has 2 aliphatic rings. The molecule has 2 aliphatic heterocycles. The molecule has 2 rings (SSSR count). The number of hydrogen-bond donors (Lipinski definition) is 1. The normalized spacial score (nSPS) is 22.0. The highest BCUT2D eigenvalue weighted by Gasteiger charge is 2.43. The van der Waals surface area contributed by atoms with Crippen LogP contribution in [0, 0.1) is 0 Å². The lowest BCUT2D eigenvalue weighted by Gasteiger charge is -2.27. The van der Waals surface area contributed by atoms with Crippen LogP contribution in [0.15, 0.2) is 0 Å². The van der Waals surface area contributed by atoms with Crippen molar-refractivity contribution in [1.29, 1.82) is 0 Å². The van der Waals surface area contributed by atoms with E-state index in [4.69, 9.17) is 14.2 Å². The van der Waals surface area contributed by atoms with Crippen molar-refractivity contribution in [3.8, 4) is 0 Å². The van der Waals surface area contributed by atoms with E-state index in [2.05, 4.69) is 5.32 Å². The lowest BCUT2D eigenvalue weighted by molar-refractivity contribution is -0.145. The van der Waals surface area contributed by atoms with Crippen molar-refractivity contribution in [3.63, 3.8) is 0 Å². The quantitative estimate of drug-likeness (QED) is 0.381. The minimum Gasteiger partial charge on any atom is -0.467 e.